The van der Waals surface area contributed by atoms with E-state index in [2.05, 4.69) is 20.9 Å². The van der Waals surface area contributed by atoms with Crippen molar-refractivity contribution < 1.29 is 13.2 Å². The first-order valence-electron chi connectivity index (χ1n) is 4.53. The van der Waals surface area contributed by atoms with E-state index in [4.69, 9.17) is 0 Å². The van der Waals surface area contributed by atoms with Gasteiger partial charge in [-0.05, 0) is 28.1 Å². The van der Waals surface area contributed by atoms with Crippen LogP contribution < -0.4 is 5.69 Å². The number of para-hydroxylation sites is 1. The molecule has 1 N–H and O–H groups in total. The van der Waals surface area contributed by atoms with Gasteiger partial charge >= 0.3 is 11.9 Å². The Morgan fingerprint density at radius 1 is 1.24 bits per heavy atom. The number of hydrogen-bond donors (Lipinski definition) is 1. The van der Waals surface area contributed by atoms with Gasteiger partial charge < -0.3 is 0 Å². The van der Waals surface area contributed by atoms with Crippen LogP contribution in [-0.2, 0) is 6.18 Å². The maximum atomic E-state index is 12.7. The Kier molecular flexibility index (Phi) is 2.86. The van der Waals surface area contributed by atoms with Gasteiger partial charge in [-0.15, -0.1) is 0 Å². The molecule has 3 nitrogen and oxygen atoms in total. The van der Waals surface area contributed by atoms with Crippen molar-refractivity contribution in [2.24, 2.45) is 0 Å². The molecule has 0 saturated heterocycles. The van der Waals surface area contributed by atoms with E-state index in [1.807, 2.05) is 0 Å². The molecule has 90 valence electrons. The van der Waals surface area contributed by atoms with Gasteiger partial charge in [0.2, 0.25) is 0 Å². The molecule has 0 spiro atoms. The minimum absolute atomic E-state index is 0.202. The molecule has 1 heterocycles. The molecule has 2 aromatic rings. The lowest BCUT2D eigenvalue weighted by Crippen LogP contribution is -2.18. The summed E-state index contributed by atoms with van der Waals surface area (Å²) in [5, 5.41) is 0. The molecule has 0 fully saturated rings. The first-order chi connectivity index (χ1) is 7.89. The van der Waals surface area contributed by atoms with Crippen molar-refractivity contribution >= 4 is 15.9 Å². The van der Waals surface area contributed by atoms with E-state index in [-0.39, 0.29) is 5.69 Å². The Labute approximate surface area is 102 Å². The molecule has 0 unspecified atom stereocenters. The molecule has 0 bridgehead atoms. The molecule has 0 aliphatic rings. The van der Waals surface area contributed by atoms with Gasteiger partial charge in [-0.3, -0.25) is 9.55 Å². The molecule has 0 aliphatic heterocycles. The van der Waals surface area contributed by atoms with Crippen molar-refractivity contribution in [1.29, 1.82) is 0 Å². The number of imidazole rings is 1. The molecule has 0 amide bonds. The summed E-state index contributed by atoms with van der Waals surface area (Å²) >= 11 is 3.00. The second-order valence-electron chi connectivity index (χ2n) is 3.29. The first kappa shape index (κ1) is 12.0. The van der Waals surface area contributed by atoms with Crippen LogP contribution in [-0.4, -0.2) is 9.55 Å². The first-order valence-corrected chi connectivity index (χ1v) is 5.32. The van der Waals surface area contributed by atoms with E-state index in [9.17, 15) is 18.0 Å². The molecule has 0 saturated carbocycles. The van der Waals surface area contributed by atoms with Gasteiger partial charge in [0.05, 0.1) is 11.3 Å². The van der Waals surface area contributed by atoms with Crippen molar-refractivity contribution in [2.45, 2.75) is 6.18 Å². The molecular formula is C10H6BrF3N2O. The third-order valence-electron chi connectivity index (χ3n) is 2.16. The number of nitrogens with one attached hydrogen (secondary N) is 1. The van der Waals surface area contributed by atoms with Crippen LogP contribution in [0.4, 0.5) is 13.2 Å². The number of alkyl halides is 3. The molecule has 17 heavy (non-hydrogen) atoms. The zero-order valence-electron chi connectivity index (χ0n) is 8.25. The number of nitrogens with zero attached hydrogens (tertiary/aromatic N) is 1. The van der Waals surface area contributed by atoms with Crippen LogP contribution in [0.15, 0.2) is 39.9 Å². The lowest BCUT2D eigenvalue weighted by molar-refractivity contribution is -0.137. The fourth-order valence-electron chi connectivity index (χ4n) is 1.47. The summed E-state index contributed by atoms with van der Waals surface area (Å²) in [4.78, 5) is 13.8. The summed E-state index contributed by atoms with van der Waals surface area (Å²) in [7, 11) is 0. The zero-order chi connectivity index (χ0) is 12.6. The minimum atomic E-state index is -4.50. The predicted molar refractivity (Wildman–Crippen MR) is 59.1 cm³/mol. The lowest BCUT2D eigenvalue weighted by Gasteiger charge is -2.12. The Balaban J connectivity index is 2.68. The fraction of sp³-hybridized carbons (Fsp3) is 0.100. The van der Waals surface area contributed by atoms with Crippen LogP contribution in [0.25, 0.3) is 5.69 Å². The molecule has 7 heteroatoms. The van der Waals surface area contributed by atoms with E-state index in [0.29, 0.717) is 4.60 Å². The summed E-state index contributed by atoms with van der Waals surface area (Å²) in [5.74, 6) is 0. The average molecular weight is 307 g/mol. The largest absolute Gasteiger partial charge is 0.418 e. The van der Waals surface area contributed by atoms with Crippen LogP contribution >= 0.6 is 15.9 Å². The minimum Gasteiger partial charge on any atom is -0.300 e. The quantitative estimate of drug-likeness (QED) is 0.864. The third-order valence-corrected chi connectivity index (χ3v) is 2.56. The van der Waals surface area contributed by atoms with Crippen molar-refractivity contribution in [3.05, 3.63) is 51.1 Å². The Bertz CT molecular complexity index is 600. The van der Waals surface area contributed by atoms with Gasteiger partial charge in [0.1, 0.15) is 4.60 Å². The van der Waals surface area contributed by atoms with Crippen molar-refractivity contribution in [2.75, 3.05) is 0 Å². The lowest BCUT2D eigenvalue weighted by atomic mass is 10.1. The number of rotatable bonds is 1. The van der Waals surface area contributed by atoms with E-state index in [1.165, 1.54) is 24.4 Å². The maximum absolute atomic E-state index is 12.7. The van der Waals surface area contributed by atoms with Crippen molar-refractivity contribution in [1.82, 2.24) is 9.55 Å². The van der Waals surface area contributed by atoms with Gasteiger partial charge in [-0.1, -0.05) is 12.1 Å². The number of H-pyrrole nitrogens is 1. The summed E-state index contributed by atoms with van der Waals surface area (Å²) in [6.45, 7) is 0. The predicted octanol–water partition coefficient (Wildman–Crippen LogP) is 2.95. The summed E-state index contributed by atoms with van der Waals surface area (Å²) < 4.78 is 39.4. The van der Waals surface area contributed by atoms with Crippen LogP contribution in [0.5, 0.6) is 0 Å². The number of aromatic nitrogens is 2. The van der Waals surface area contributed by atoms with Crippen molar-refractivity contribution in [3.8, 4) is 5.69 Å². The highest BCUT2D eigenvalue weighted by Crippen LogP contribution is 2.33. The molecule has 1 aromatic carbocycles. The number of aromatic amines is 1. The fourth-order valence-corrected chi connectivity index (χ4v) is 1.84. The Morgan fingerprint density at radius 2 is 1.88 bits per heavy atom. The standard InChI is InChI=1S/C10H6BrF3N2O/c11-8-5-16(9(17)15-8)7-4-2-1-3-6(7)10(12,13)14/h1-5H,(H,15,17). The zero-order valence-corrected chi connectivity index (χ0v) is 9.84. The van der Waals surface area contributed by atoms with Gasteiger partial charge in [-0.2, -0.15) is 13.2 Å². The highest BCUT2D eigenvalue weighted by molar-refractivity contribution is 9.10. The van der Waals surface area contributed by atoms with Gasteiger partial charge in [0.25, 0.3) is 0 Å². The Hall–Kier alpha value is -1.50. The highest BCUT2D eigenvalue weighted by Gasteiger charge is 2.33. The SMILES string of the molecule is O=c1[nH]c(Br)cn1-c1ccccc1C(F)(F)F. The number of halogens is 4. The van der Waals surface area contributed by atoms with Crippen LogP contribution in [0.1, 0.15) is 5.56 Å². The summed E-state index contributed by atoms with van der Waals surface area (Å²) in [5.41, 5.74) is -1.69. The number of benzene rings is 1. The maximum Gasteiger partial charge on any atom is 0.418 e. The molecule has 0 atom stereocenters. The molecule has 0 aliphatic carbocycles. The monoisotopic (exact) mass is 306 g/mol. The highest BCUT2D eigenvalue weighted by atomic mass is 79.9. The van der Waals surface area contributed by atoms with E-state index < -0.39 is 17.4 Å². The molecular weight excluding hydrogens is 301 g/mol. The number of hydrogen-bond acceptors (Lipinski definition) is 1. The summed E-state index contributed by atoms with van der Waals surface area (Å²) in [6.07, 6.45) is -3.24. The van der Waals surface area contributed by atoms with Crippen LogP contribution in [0.2, 0.25) is 0 Å². The average Bonchev–Trinajstić information content (AvgIpc) is 2.56. The van der Waals surface area contributed by atoms with Gasteiger partial charge in [-0.25, -0.2) is 4.79 Å². The van der Waals surface area contributed by atoms with E-state index in [1.54, 1.807) is 0 Å². The van der Waals surface area contributed by atoms with Gasteiger partial charge in [0.15, 0.2) is 0 Å². The Morgan fingerprint density at radius 3 is 2.41 bits per heavy atom. The second-order valence-corrected chi connectivity index (χ2v) is 4.15. The smallest absolute Gasteiger partial charge is 0.300 e. The summed E-state index contributed by atoms with van der Waals surface area (Å²) in [6, 6.07) is 4.89. The molecule has 2 rings (SSSR count). The molecule has 0 radical (unpaired) electrons. The van der Waals surface area contributed by atoms with E-state index >= 15 is 0 Å². The van der Waals surface area contributed by atoms with Gasteiger partial charge in [0, 0.05) is 6.20 Å². The van der Waals surface area contributed by atoms with E-state index in [0.717, 1.165) is 10.6 Å². The second kappa shape index (κ2) is 4.06. The van der Waals surface area contributed by atoms with Crippen molar-refractivity contribution in [3.63, 3.8) is 0 Å². The molecule has 1 aromatic heterocycles. The third kappa shape index (κ3) is 2.28. The van der Waals surface area contributed by atoms with Crippen LogP contribution in [0.3, 0.4) is 0 Å². The normalized spacial score (nSPS) is 11.8. The topological polar surface area (TPSA) is 37.8 Å². The van der Waals surface area contributed by atoms with Crippen LogP contribution in [0, 0.1) is 0 Å².